The Kier molecular flexibility index (Phi) is 3.57. The fourth-order valence-electron chi connectivity index (χ4n) is 0.854. The van der Waals surface area contributed by atoms with Gasteiger partial charge in [-0.15, -0.1) is 11.3 Å². The van der Waals surface area contributed by atoms with Gasteiger partial charge in [-0.05, 0) is 18.4 Å². The van der Waals surface area contributed by atoms with Crippen LogP contribution in [0.2, 0.25) is 0 Å². The number of aromatic nitrogens is 1. The number of azide groups is 1. The van der Waals surface area contributed by atoms with Crippen molar-refractivity contribution in [3.63, 3.8) is 0 Å². The summed E-state index contributed by atoms with van der Waals surface area (Å²) >= 11 is 1.63. The van der Waals surface area contributed by atoms with Gasteiger partial charge in [0.15, 0.2) is 0 Å². The second-order valence-corrected chi connectivity index (χ2v) is 3.31. The van der Waals surface area contributed by atoms with Gasteiger partial charge in [0.1, 0.15) is 0 Å². The van der Waals surface area contributed by atoms with E-state index in [9.17, 15) is 0 Å². The predicted octanol–water partition coefficient (Wildman–Crippen LogP) is 2.91. The highest BCUT2D eigenvalue weighted by Gasteiger charge is 1.98. The Bertz CT molecular complexity index is 287. The first kappa shape index (κ1) is 9.03. The zero-order chi connectivity index (χ0) is 8.81. The summed E-state index contributed by atoms with van der Waals surface area (Å²) in [5, 5.41) is 6.51. The van der Waals surface area contributed by atoms with Gasteiger partial charge in [0, 0.05) is 10.3 Å². The van der Waals surface area contributed by atoms with Crippen LogP contribution in [-0.2, 0) is 13.0 Å². The maximum absolute atomic E-state index is 8.07. The molecule has 1 rings (SSSR count). The normalized spacial score (nSPS) is 9.42. The molecule has 1 aromatic heterocycles. The molecule has 0 fully saturated rings. The van der Waals surface area contributed by atoms with Gasteiger partial charge in [0.05, 0.1) is 17.2 Å². The second-order valence-electron chi connectivity index (χ2n) is 2.37. The number of rotatable bonds is 4. The van der Waals surface area contributed by atoms with Crippen LogP contribution in [0.4, 0.5) is 0 Å². The largest absolute Gasteiger partial charge is 0.246 e. The van der Waals surface area contributed by atoms with Gasteiger partial charge < -0.3 is 0 Å². The van der Waals surface area contributed by atoms with Crippen LogP contribution in [0.25, 0.3) is 10.4 Å². The summed E-state index contributed by atoms with van der Waals surface area (Å²) in [5.74, 6) is 0. The molecule has 0 N–H and O–H groups in total. The average Bonchev–Trinajstić information content (AvgIpc) is 2.50. The van der Waals surface area contributed by atoms with Crippen LogP contribution in [0.15, 0.2) is 10.5 Å². The minimum absolute atomic E-state index is 0.372. The van der Waals surface area contributed by atoms with E-state index in [4.69, 9.17) is 5.53 Å². The van der Waals surface area contributed by atoms with Crippen molar-refractivity contribution in [2.75, 3.05) is 0 Å². The molecule has 0 aromatic carbocycles. The standard InChI is InChI=1S/C7H10N4S/c1-2-3-7-10-6(5-12-7)4-9-11-8/h5H,2-4H2,1H3. The molecule has 0 atom stereocenters. The maximum Gasteiger partial charge on any atom is 0.0928 e. The Morgan fingerprint density at radius 1 is 1.75 bits per heavy atom. The first-order valence-electron chi connectivity index (χ1n) is 3.81. The van der Waals surface area contributed by atoms with Gasteiger partial charge in [0.2, 0.25) is 0 Å². The molecule has 4 nitrogen and oxygen atoms in total. The highest BCUT2D eigenvalue weighted by Crippen LogP contribution is 2.12. The molecule has 0 saturated heterocycles. The molecule has 0 aliphatic carbocycles. The first-order chi connectivity index (χ1) is 5.86. The number of thiazole rings is 1. The van der Waals surface area contributed by atoms with Crippen LogP contribution in [-0.4, -0.2) is 4.98 Å². The van der Waals surface area contributed by atoms with E-state index in [1.807, 2.05) is 5.38 Å². The van der Waals surface area contributed by atoms with E-state index in [1.54, 1.807) is 11.3 Å². The fraction of sp³-hybridized carbons (Fsp3) is 0.571. The molecule has 0 spiro atoms. The molecule has 64 valence electrons. The Hall–Kier alpha value is -1.06. The minimum atomic E-state index is 0.372. The van der Waals surface area contributed by atoms with Crippen molar-refractivity contribution in [1.82, 2.24) is 4.98 Å². The third-order valence-electron chi connectivity index (χ3n) is 1.36. The van der Waals surface area contributed by atoms with Gasteiger partial charge in [-0.3, -0.25) is 0 Å². The van der Waals surface area contributed by atoms with Gasteiger partial charge in [0.25, 0.3) is 0 Å². The van der Waals surface area contributed by atoms with Crippen LogP contribution in [0.5, 0.6) is 0 Å². The highest BCUT2D eigenvalue weighted by molar-refractivity contribution is 7.09. The molecule has 0 aliphatic rings. The van der Waals surface area contributed by atoms with Crippen molar-refractivity contribution >= 4 is 11.3 Å². The smallest absolute Gasteiger partial charge is 0.0928 e. The van der Waals surface area contributed by atoms with Crippen molar-refractivity contribution in [3.8, 4) is 0 Å². The third kappa shape index (κ3) is 2.53. The number of nitrogens with zero attached hydrogens (tertiary/aromatic N) is 4. The van der Waals surface area contributed by atoms with E-state index in [0.717, 1.165) is 23.5 Å². The Morgan fingerprint density at radius 3 is 3.25 bits per heavy atom. The summed E-state index contributed by atoms with van der Waals surface area (Å²) < 4.78 is 0. The highest BCUT2D eigenvalue weighted by atomic mass is 32.1. The van der Waals surface area contributed by atoms with E-state index in [2.05, 4.69) is 21.9 Å². The van der Waals surface area contributed by atoms with E-state index in [0.29, 0.717) is 6.54 Å². The fourth-order valence-corrected chi connectivity index (χ4v) is 1.75. The van der Waals surface area contributed by atoms with E-state index >= 15 is 0 Å². The monoisotopic (exact) mass is 182 g/mol. The number of aryl methyl sites for hydroxylation is 1. The van der Waals surface area contributed by atoms with Crippen molar-refractivity contribution in [3.05, 3.63) is 26.5 Å². The molecule has 0 unspecified atom stereocenters. The summed E-state index contributed by atoms with van der Waals surface area (Å²) in [4.78, 5) is 6.97. The zero-order valence-corrected chi connectivity index (χ0v) is 7.71. The van der Waals surface area contributed by atoms with Crippen LogP contribution in [0, 0.1) is 0 Å². The molecule has 0 radical (unpaired) electrons. The first-order valence-corrected chi connectivity index (χ1v) is 4.69. The van der Waals surface area contributed by atoms with Crippen LogP contribution in [0.1, 0.15) is 24.0 Å². The predicted molar refractivity (Wildman–Crippen MR) is 49.0 cm³/mol. The van der Waals surface area contributed by atoms with Crippen molar-refractivity contribution < 1.29 is 0 Å². The summed E-state index contributed by atoms with van der Waals surface area (Å²) in [5.41, 5.74) is 8.95. The molecular formula is C7H10N4S. The summed E-state index contributed by atoms with van der Waals surface area (Å²) in [6.07, 6.45) is 2.12. The Morgan fingerprint density at radius 2 is 2.58 bits per heavy atom. The molecule has 0 aliphatic heterocycles. The van der Waals surface area contributed by atoms with Gasteiger partial charge >= 0.3 is 0 Å². The molecule has 1 aromatic rings. The zero-order valence-electron chi connectivity index (χ0n) is 6.90. The SMILES string of the molecule is CCCc1nc(CN=[N+]=[N-])cs1. The number of hydrogen-bond acceptors (Lipinski definition) is 3. The minimum Gasteiger partial charge on any atom is -0.246 e. The molecule has 1 heterocycles. The van der Waals surface area contributed by atoms with Gasteiger partial charge in [-0.2, -0.15) is 0 Å². The van der Waals surface area contributed by atoms with E-state index in [-0.39, 0.29) is 0 Å². The molecule has 0 bridgehead atoms. The Balaban J connectivity index is 2.57. The van der Waals surface area contributed by atoms with Crippen LogP contribution < -0.4 is 0 Å². The quantitative estimate of drug-likeness (QED) is 0.401. The Labute approximate surface area is 74.9 Å². The van der Waals surface area contributed by atoms with Crippen LogP contribution >= 0.6 is 11.3 Å². The number of hydrogen-bond donors (Lipinski definition) is 0. The second kappa shape index (κ2) is 4.74. The van der Waals surface area contributed by atoms with E-state index in [1.165, 1.54) is 0 Å². The molecule has 5 heteroatoms. The van der Waals surface area contributed by atoms with Gasteiger partial charge in [-0.25, -0.2) is 4.98 Å². The van der Waals surface area contributed by atoms with Gasteiger partial charge in [-0.1, -0.05) is 12.0 Å². The van der Waals surface area contributed by atoms with Crippen LogP contribution in [0.3, 0.4) is 0 Å². The lowest BCUT2D eigenvalue weighted by molar-refractivity contribution is 0.887. The van der Waals surface area contributed by atoms with Crippen molar-refractivity contribution in [2.24, 2.45) is 5.11 Å². The summed E-state index contributed by atoms with van der Waals surface area (Å²) in [6.45, 7) is 2.49. The molecule has 0 saturated carbocycles. The summed E-state index contributed by atoms with van der Waals surface area (Å²) in [6, 6.07) is 0. The summed E-state index contributed by atoms with van der Waals surface area (Å²) in [7, 11) is 0. The molecule has 0 amide bonds. The molecular weight excluding hydrogens is 172 g/mol. The lowest BCUT2D eigenvalue weighted by Gasteiger charge is -1.87. The average molecular weight is 182 g/mol. The molecule has 12 heavy (non-hydrogen) atoms. The van der Waals surface area contributed by atoms with Crippen molar-refractivity contribution in [1.29, 1.82) is 0 Å². The lowest BCUT2D eigenvalue weighted by atomic mass is 10.3. The van der Waals surface area contributed by atoms with E-state index < -0.39 is 0 Å². The lowest BCUT2D eigenvalue weighted by Crippen LogP contribution is -1.83. The topological polar surface area (TPSA) is 61.7 Å². The third-order valence-corrected chi connectivity index (χ3v) is 2.32. The maximum atomic E-state index is 8.07. The van der Waals surface area contributed by atoms with Crippen molar-refractivity contribution in [2.45, 2.75) is 26.3 Å².